The lowest BCUT2D eigenvalue weighted by Crippen LogP contribution is -2.63. The first kappa shape index (κ1) is 14.7. The van der Waals surface area contributed by atoms with Crippen molar-refractivity contribution in [3.8, 4) is 0 Å². The van der Waals surface area contributed by atoms with Crippen molar-refractivity contribution in [3.63, 3.8) is 0 Å². The van der Waals surface area contributed by atoms with Crippen LogP contribution < -0.4 is 10.2 Å². The number of anilines is 1. The smallest absolute Gasteiger partial charge is 0.0455 e. The Kier molecular flexibility index (Phi) is 4.12. The maximum atomic E-state index is 6.29. The van der Waals surface area contributed by atoms with Gasteiger partial charge in [0.05, 0.1) is 0 Å². The third kappa shape index (κ3) is 3.06. The highest BCUT2D eigenvalue weighted by molar-refractivity contribution is 6.31. The van der Waals surface area contributed by atoms with Gasteiger partial charge in [-0.2, -0.15) is 0 Å². The molecule has 0 aliphatic carbocycles. The largest absolute Gasteiger partial charge is 0.365 e. The van der Waals surface area contributed by atoms with Crippen molar-refractivity contribution >= 4 is 17.3 Å². The fourth-order valence-corrected chi connectivity index (χ4v) is 3.03. The van der Waals surface area contributed by atoms with Gasteiger partial charge in [-0.05, 0) is 44.4 Å². The lowest BCUT2D eigenvalue weighted by atomic mass is 9.92. The highest BCUT2D eigenvalue weighted by Crippen LogP contribution is 2.32. The summed E-state index contributed by atoms with van der Waals surface area (Å²) in [6.45, 7) is 13.2. The molecule has 0 saturated carbocycles. The van der Waals surface area contributed by atoms with Crippen LogP contribution in [0.1, 0.15) is 33.3 Å². The summed E-state index contributed by atoms with van der Waals surface area (Å²) in [5.74, 6) is 0.613. The van der Waals surface area contributed by atoms with Crippen molar-refractivity contribution in [2.24, 2.45) is 5.92 Å². The van der Waals surface area contributed by atoms with Gasteiger partial charge in [0.15, 0.2) is 0 Å². The van der Waals surface area contributed by atoms with Gasteiger partial charge in [0.2, 0.25) is 0 Å². The lowest BCUT2D eigenvalue weighted by Gasteiger charge is -2.48. The predicted molar refractivity (Wildman–Crippen MR) is 84.2 cm³/mol. The molecule has 19 heavy (non-hydrogen) atoms. The van der Waals surface area contributed by atoms with E-state index in [1.807, 2.05) is 6.07 Å². The third-order valence-corrected chi connectivity index (χ3v) is 4.48. The van der Waals surface area contributed by atoms with Crippen LogP contribution in [0.15, 0.2) is 18.2 Å². The summed E-state index contributed by atoms with van der Waals surface area (Å²) in [6, 6.07) is 6.73. The molecule has 1 aliphatic rings. The van der Waals surface area contributed by atoms with E-state index in [9.17, 15) is 0 Å². The number of benzene rings is 1. The molecule has 106 valence electrons. The van der Waals surface area contributed by atoms with E-state index in [0.29, 0.717) is 12.0 Å². The number of nitrogens with zero attached hydrogens (tertiary/aromatic N) is 1. The summed E-state index contributed by atoms with van der Waals surface area (Å²) in [7, 11) is 0. The van der Waals surface area contributed by atoms with Gasteiger partial charge in [-0.3, -0.25) is 0 Å². The number of piperazine rings is 1. The zero-order valence-corrected chi connectivity index (χ0v) is 13.4. The molecule has 1 heterocycles. The second-order valence-corrected chi connectivity index (χ2v) is 7.00. The molecule has 1 saturated heterocycles. The molecule has 1 atom stereocenters. The molecule has 0 bridgehead atoms. The van der Waals surface area contributed by atoms with Gasteiger partial charge in [0.25, 0.3) is 0 Å². The minimum absolute atomic E-state index is 0.139. The molecule has 0 spiro atoms. The van der Waals surface area contributed by atoms with E-state index in [2.05, 4.69) is 57.0 Å². The summed E-state index contributed by atoms with van der Waals surface area (Å²) >= 11 is 6.29. The Morgan fingerprint density at radius 1 is 1.37 bits per heavy atom. The van der Waals surface area contributed by atoms with E-state index in [1.54, 1.807) is 0 Å². The van der Waals surface area contributed by atoms with Crippen LogP contribution in [-0.2, 0) is 0 Å². The second-order valence-electron chi connectivity index (χ2n) is 6.59. The standard InChI is InChI=1S/C16H25ClN2/c1-11(2)15-9-18-16(4,5)10-19(15)14-8-6-7-13(17)12(14)3/h6-8,11,15,18H,9-10H2,1-5H3. The molecular formula is C16H25ClN2. The summed E-state index contributed by atoms with van der Waals surface area (Å²) in [5.41, 5.74) is 2.61. The van der Waals surface area contributed by atoms with Gasteiger partial charge in [-0.25, -0.2) is 0 Å². The van der Waals surface area contributed by atoms with E-state index >= 15 is 0 Å². The maximum absolute atomic E-state index is 6.29. The summed E-state index contributed by atoms with van der Waals surface area (Å²) in [6.07, 6.45) is 0. The van der Waals surface area contributed by atoms with Gasteiger partial charge < -0.3 is 10.2 Å². The molecule has 1 unspecified atom stereocenters. The Labute approximate surface area is 122 Å². The highest BCUT2D eigenvalue weighted by Gasteiger charge is 2.34. The van der Waals surface area contributed by atoms with Gasteiger partial charge >= 0.3 is 0 Å². The van der Waals surface area contributed by atoms with Crippen LogP contribution in [0.4, 0.5) is 5.69 Å². The quantitative estimate of drug-likeness (QED) is 0.885. The Morgan fingerprint density at radius 3 is 2.68 bits per heavy atom. The van der Waals surface area contributed by atoms with Crippen molar-refractivity contribution in [2.45, 2.75) is 46.2 Å². The van der Waals surface area contributed by atoms with Crippen LogP contribution in [0, 0.1) is 12.8 Å². The zero-order chi connectivity index (χ0) is 14.2. The van der Waals surface area contributed by atoms with Gasteiger partial charge in [0.1, 0.15) is 0 Å². The molecule has 0 aromatic heterocycles. The topological polar surface area (TPSA) is 15.3 Å². The molecule has 1 aromatic rings. The van der Waals surface area contributed by atoms with Crippen LogP contribution in [-0.4, -0.2) is 24.7 Å². The Balaban J connectivity index is 2.39. The maximum Gasteiger partial charge on any atom is 0.0455 e. The molecule has 1 fully saturated rings. The molecule has 0 amide bonds. The van der Waals surface area contributed by atoms with Crippen molar-refractivity contribution in [1.82, 2.24) is 5.32 Å². The molecule has 1 aliphatic heterocycles. The Hall–Kier alpha value is -0.730. The van der Waals surface area contributed by atoms with Gasteiger partial charge in [0, 0.05) is 35.4 Å². The minimum atomic E-state index is 0.139. The van der Waals surface area contributed by atoms with E-state index in [0.717, 1.165) is 18.1 Å². The van der Waals surface area contributed by atoms with Crippen LogP contribution in [0.5, 0.6) is 0 Å². The van der Waals surface area contributed by atoms with Crippen molar-refractivity contribution in [2.75, 3.05) is 18.0 Å². The fraction of sp³-hybridized carbons (Fsp3) is 0.625. The number of halogens is 1. The average molecular weight is 281 g/mol. The number of hydrogen-bond acceptors (Lipinski definition) is 2. The molecule has 2 rings (SSSR count). The van der Waals surface area contributed by atoms with E-state index in [-0.39, 0.29) is 5.54 Å². The normalized spacial score (nSPS) is 22.9. The fourth-order valence-electron chi connectivity index (χ4n) is 2.86. The van der Waals surface area contributed by atoms with E-state index in [4.69, 9.17) is 11.6 Å². The zero-order valence-electron chi connectivity index (χ0n) is 12.6. The van der Waals surface area contributed by atoms with Crippen molar-refractivity contribution in [3.05, 3.63) is 28.8 Å². The van der Waals surface area contributed by atoms with Gasteiger partial charge in [-0.1, -0.05) is 31.5 Å². The van der Waals surface area contributed by atoms with Gasteiger partial charge in [-0.15, -0.1) is 0 Å². The van der Waals surface area contributed by atoms with Crippen LogP contribution in [0.2, 0.25) is 5.02 Å². The Morgan fingerprint density at radius 2 is 2.05 bits per heavy atom. The lowest BCUT2D eigenvalue weighted by molar-refractivity contribution is 0.277. The molecule has 3 heteroatoms. The predicted octanol–water partition coefficient (Wildman–Crippen LogP) is 3.86. The van der Waals surface area contributed by atoms with E-state index < -0.39 is 0 Å². The highest BCUT2D eigenvalue weighted by atomic mass is 35.5. The minimum Gasteiger partial charge on any atom is -0.365 e. The third-order valence-electron chi connectivity index (χ3n) is 4.07. The first-order valence-electron chi connectivity index (χ1n) is 7.08. The number of hydrogen-bond donors (Lipinski definition) is 1. The first-order valence-corrected chi connectivity index (χ1v) is 7.46. The first-order chi connectivity index (χ1) is 8.82. The SMILES string of the molecule is Cc1c(Cl)cccc1N1CC(C)(C)NCC1C(C)C. The van der Waals surface area contributed by atoms with Crippen LogP contribution >= 0.6 is 11.6 Å². The molecule has 0 radical (unpaired) electrons. The molecular weight excluding hydrogens is 256 g/mol. The van der Waals surface area contributed by atoms with Crippen molar-refractivity contribution in [1.29, 1.82) is 0 Å². The number of nitrogens with one attached hydrogen (secondary N) is 1. The summed E-state index contributed by atoms with van der Waals surface area (Å²) < 4.78 is 0. The molecule has 2 nitrogen and oxygen atoms in total. The monoisotopic (exact) mass is 280 g/mol. The second kappa shape index (κ2) is 5.34. The van der Waals surface area contributed by atoms with Crippen molar-refractivity contribution < 1.29 is 0 Å². The van der Waals surface area contributed by atoms with E-state index in [1.165, 1.54) is 11.3 Å². The van der Waals surface area contributed by atoms with Crippen LogP contribution in [0.25, 0.3) is 0 Å². The summed E-state index contributed by atoms with van der Waals surface area (Å²) in [5, 5.41) is 4.51. The molecule has 1 N–H and O–H groups in total. The van der Waals surface area contributed by atoms with Crippen LogP contribution in [0.3, 0.4) is 0 Å². The molecule has 1 aromatic carbocycles. The summed E-state index contributed by atoms with van der Waals surface area (Å²) in [4.78, 5) is 2.53. The Bertz CT molecular complexity index is 454. The number of rotatable bonds is 2. The average Bonchev–Trinajstić information content (AvgIpc) is 2.31.